The third kappa shape index (κ3) is 3.30. The molecular weight excluding hydrogens is 290 g/mol. The number of nitrogens with one attached hydrogen (secondary N) is 1. The molecule has 0 aliphatic heterocycles. The zero-order chi connectivity index (χ0) is 16.6. The molecule has 0 unspecified atom stereocenters. The highest BCUT2D eigenvalue weighted by Crippen LogP contribution is 2.40. The summed E-state index contributed by atoms with van der Waals surface area (Å²) in [5, 5.41) is 7.60. The third-order valence-corrected chi connectivity index (χ3v) is 4.81. The van der Waals surface area contributed by atoms with Gasteiger partial charge in [-0.1, -0.05) is 0 Å². The van der Waals surface area contributed by atoms with Gasteiger partial charge in [0.15, 0.2) is 0 Å². The van der Waals surface area contributed by atoms with Gasteiger partial charge in [0.25, 0.3) is 0 Å². The van der Waals surface area contributed by atoms with Crippen molar-refractivity contribution in [2.75, 3.05) is 0 Å². The molecule has 1 atom stereocenters. The molecule has 2 aromatic rings. The number of amides is 1. The van der Waals surface area contributed by atoms with E-state index in [-0.39, 0.29) is 11.9 Å². The minimum Gasteiger partial charge on any atom is -0.346 e. The van der Waals surface area contributed by atoms with Crippen LogP contribution in [-0.2, 0) is 25.3 Å². The highest BCUT2D eigenvalue weighted by molar-refractivity contribution is 5.76. The van der Waals surface area contributed by atoms with Crippen LogP contribution in [0.1, 0.15) is 48.1 Å². The van der Waals surface area contributed by atoms with Crippen molar-refractivity contribution >= 4 is 5.91 Å². The lowest BCUT2D eigenvalue weighted by Crippen LogP contribution is -2.31. The van der Waals surface area contributed by atoms with Gasteiger partial charge in [0.05, 0.1) is 11.7 Å². The monoisotopic (exact) mass is 315 g/mol. The Labute approximate surface area is 136 Å². The van der Waals surface area contributed by atoms with E-state index in [0.29, 0.717) is 12.3 Å². The molecule has 6 heteroatoms. The van der Waals surface area contributed by atoms with E-state index < -0.39 is 0 Å². The van der Waals surface area contributed by atoms with Crippen LogP contribution in [0.3, 0.4) is 0 Å². The van der Waals surface area contributed by atoms with Crippen LogP contribution in [0.4, 0.5) is 0 Å². The van der Waals surface area contributed by atoms with Crippen LogP contribution in [0.5, 0.6) is 0 Å². The Hall–Kier alpha value is -2.11. The first-order chi connectivity index (χ1) is 11.0. The number of carbonyl (C=O) groups is 1. The average Bonchev–Trinajstić information content (AvgIpc) is 3.21. The average molecular weight is 315 g/mol. The summed E-state index contributed by atoms with van der Waals surface area (Å²) in [5.41, 5.74) is 3.33. The van der Waals surface area contributed by atoms with Gasteiger partial charge in [0, 0.05) is 38.6 Å². The second-order valence-electron chi connectivity index (χ2n) is 6.55. The minimum atomic E-state index is 0.0404. The van der Waals surface area contributed by atoms with Crippen LogP contribution in [0.25, 0.3) is 0 Å². The van der Waals surface area contributed by atoms with Crippen molar-refractivity contribution in [1.29, 1.82) is 0 Å². The Balaban J connectivity index is 1.63. The van der Waals surface area contributed by atoms with Crippen molar-refractivity contribution in [3.63, 3.8) is 0 Å². The Kier molecular flexibility index (Phi) is 4.24. The normalized spacial score (nSPS) is 15.7. The Morgan fingerprint density at radius 2 is 2.13 bits per heavy atom. The van der Waals surface area contributed by atoms with Crippen molar-refractivity contribution in [2.45, 2.75) is 45.6 Å². The van der Waals surface area contributed by atoms with E-state index in [4.69, 9.17) is 0 Å². The van der Waals surface area contributed by atoms with E-state index in [1.807, 2.05) is 43.4 Å². The highest BCUT2D eigenvalue weighted by Gasteiger charge is 2.35. The van der Waals surface area contributed by atoms with E-state index in [0.717, 1.165) is 23.6 Å². The molecule has 1 aliphatic rings. The fourth-order valence-electron chi connectivity index (χ4n) is 3.16. The van der Waals surface area contributed by atoms with Gasteiger partial charge in [-0.05, 0) is 44.6 Å². The first-order valence-corrected chi connectivity index (χ1v) is 8.23. The summed E-state index contributed by atoms with van der Waals surface area (Å²) in [4.78, 5) is 16.8. The second kappa shape index (κ2) is 6.18. The molecule has 0 radical (unpaired) electrons. The van der Waals surface area contributed by atoms with Gasteiger partial charge >= 0.3 is 0 Å². The SMILES string of the molecule is Cc1nn(C)c(C)c1CCC(=O)N[C@H](c1nccn1C)C1CC1. The molecule has 1 N–H and O–H groups in total. The number of aryl methyl sites for hydroxylation is 3. The molecule has 0 aromatic carbocycles. The number of imidazole rings is 1. The topological polar surface area (TPSA) is 64.7 Å². The van der Waals surface area contributed by atoms with Crippen molar-refractivity contribution in [3.05, 3.63) is 35.2 Å². The first-order valence-electron chi connectivity index (χ1n) is 8.23. The fraction of sp³-hybridized carbons (Fsp3) is 0.588. The number of hydrogen-bond donors (Lipinski definition) is 1. The molecule has 1 amide bonds. The lowest BCUT2D eigenvalue weighted by Gasteiger charge is -2.18. The van der Waals surface area contributed by atoms with Gasteiger partial charge in [-0.15, -0.1) is 0 Å². The predicted molar refractivity (Wildman–Crippen MR) is 87.8 cm³/mol. The smallest absolute Gasteiger partial charge is 0.220 e. The molecule has 0 bridgehead atoms. The van der Waals surface area contributed by atoms with Crippen LogP contribution in [0, 0.1) is 19.8 Å². The van der Waals surface area contributed by atoms with Gasteiger partial charge in [0.1, 0.15) is 5.82 Å². The summed E-state index contributed by atoms with van der Waals surface area (Å²) in [6, 6.07) is 0.0404. The zero-order valence-corrected chi connectivity index (χ0v) is 14.3. The standard InChI is InChI=1S/C17H25N5O/c1-11-14(12(2)22(4)20-11)7-8-15(23)19-16(13-5-6-13)17-18-9-10-21(17)3/h9-10,13,16H,5-8H2,1-4H3,(H,19,23)/t16-/m0/s1. The second-order valence-corrected chi connectivity index (χ2v) is 6.55. The van der Waals surface area contributed by atoms with Gasteiger partial charge in [0.2, 0.25) is 5.91 Å². The van der Waals surface area contributed by atoms with Crippen LogP contribution in [0.15, 0.2) is 12.4 Å². The fourth-order valence-corrected chi connectivity index (χ4v) is 3.16. The molecule has 1 saturated carbocycles. The van der Waals surface area contributed by atoms with Crippen LogP contribution >= 0.6 is 0 Å². The Morgan fingerprint density at radius 1 is 1.39 bits per heavy atom. The van der Waals surface area contributed by atoms with Gasteiger partial charge in [-0.2, -0.15) is 5.10 Å². The van der Waals surface area contributed by atoms with Crippen LogP contribution < -0.4 is 5.32 Å². The number of carbonyl (C=O) groups excluding carboxylic acids is 1. The zero-order valence-electron chi connectivity index (χ0n) is 14.3. The van der Waals surface area contributed by atoms with Crippen molar-refractivity contribution < 1.29 is 4.79 Å². The van der Waals surface area contributed by atoms with E-state index in [9.17, 15) is 4.79 Å². The molecule has 1 aliphatic carbocycles. The van der Waals surface area contributed by atoms with Crippen molar-refractivity contribution in [3.8, 4) is 0 Å². The molecule has 23 heavy (non-hydrogen) atoms. The van der Waals surface area contributed by atoms with Crippen LogP contribution in [0.2, 0.25) is 0 Å². The van der Waals surface area contributed by atoms with Crippen LogP contribution in [-0.4, -0.2) is 25.2 Å². The summed E-state index contributed by atoms with van der Waals surface area (Å²) in [6.45, 7) is 4.05. The maximum Gasteiger partial charge on any atom is 0.220 e. The first kappa shape index (κ1) is 15.8. The summed E-state index contributed by atoms with van der Waals surface area (Å²) < 4.78 is 3.88. The van der Waals surface area contributed by atoms with E-state index in [1.165, 1.54) is 18.4 Å². The number of aromatic nitrogens is 4. The van der Waals surface area contributed by atoms with Gasteiger partial charge < -0.3 is 9.88 Å². The molecule has 0 saturated heterocycles. The Bertz CT molecular complexity index is 711. The molecule has 1 fully saturated rings. The summed E-state index contributed by atoms with van der Waals surface area (Å²) in [5.74, 6) is 1.57. The quantitative estimate of drug-likeness (QED) is 0.886. The van der Waals surface area contributed by atoms with Gasteiger partial charge in [-0.25, -0.2) is 4.98 Å². The van der Waals surface area contributed by atoms with Crippen molar-refractivity contribution in [2.24, 2.45) is 20.0 Å². The molecule has 3 rings (SSSR count). The molecule has 0 spiro atoms. The minimum absolute atomic E-state index is 0.0404. The third-order valence-electron chi connectivity index (χ3n) is 4.81. The summed E-state index contributed by atoms with van der Waals surface area (Å²) in [6.07, 6.45) is 7.27. The van der Waals surface area contributed by atoms with E-state index >= 15 is 0 Å². The number of nitrogens with zero attached hydrogens (tertiary/aromatic N) is 4. The molecule has 2 aromatic heterocycles. The molecule has 124 valence electrons. The number of rotatable bonds is 6. The number of hydrogen-bond acceptors (Lipinski definition) is 3. The largest absolute Gasteiger partial charge is 0.346 e. The Morgan fingerprint density at radius 3 is 2.65 bits per heavy atom. The van der Waals surface area contributed by atoms with Crippen molar-refractivity contribution in [1.82, 2.24) is 24.6 Å². The lowest BCUT2D eigenvalue weighted by molar-refractivity contribution is -0.122. The predicted octanol–water partition coefficient (Wildman–Crippen LogP) is 1.97. The maximum absolute atomic E-state index is 12.4. The van der Waals surface area contributed by atoms with E-state index in [2.05, 4.69) is 15.4 Å². The summed E-state index contributed by atoms with van der Waals surface area (Å²) >= 11 is 0. The lowest BCUT2D eigenvalue weighted by atomic mass is 10.1. The highest BCUT2D eigenvalue weighted by atomic mass is 16.1. The molecular formula is C17H25N5O. The maximum atomic E-state index is 12.4. The molecule has 6 nitrogen and oxygen atoms in total. The summed E-state index contributed by atoms with van der Waals surface area (Å²) in [7, 11) is 3.92. The molecule has 2 heterocycles. The van der Waals surface area contributed by atoms with E-state index in [1.54, 1.807) is 6.20 Å². The van der Waals surface area contributed by atoms with Gasteiger partial charge in [-0.3, -0.25) is 9.48 Å².